The van der Waals surface area contributed by atoms with Crippen molar-refractivity contribution >= 4 is 11.6 Å². The Balaban J connectivity index is 1.82. The molecule has 2 N–H and O–H groups in total. The van der Waals surface area contributed by atoms with Crippen LogP contribution in [0.15, 0.2) is 24.3 Å². The van der Waals surface area contributed by atoms with Gasteiger partial charge in [-0.3, -0.25) is 9.69 Å². The highest BCUT2D eigenvalue weighted by atomic mass is 16.3. The highest BCUT2D eigenvalue weighted by Crippen LogP contribution is 2.19. The number of benzene rings is 1. The summed E-state index contributed by atoms with van der Waals surface area (Å²) in [4.78, 5) is 14.0. The average Bonchev–Trinajstić information content (AvgIpc) is 2.77. The fourth-order valence-corrected chi connectivity index (χ4v) is 2.53. The van der Waals surface area contributed by atoms with E-state index in [0.29, 0.717) is 12.5 Å². The van der Waals surface area contributed by atoms with Crippen LogP contribution < -0.4 is 5.32 Å². The molecule has 0 aromatic heterocycles. The Morgan fingerprint density at radius 1 is 1.58 bits per heavy atom. The molecule has 0 bridgehead atoms. The van der Waals surface area contributed by atoms with Crippen LogP contribution in [-0.2, 0) is 4.79 Å². The molecule has 1 aliphatic heterocycles. The molecule has 2 atom stereocenters. The largest absolute Gasteiger partial charge is 0.393 e. The van der Waals surface area contributed by atoms with Crippen molar-refractivity contribution in [2.45, 2.75) is 26.4 Å². The molecular formula is C15H22N2O2. The first-order chi connectivity index (χ1) is 9.04. The van der Waals surface area contributed by atoms with Gasteiger partial charge in [0.05, 0.1) is 12.6 Å². The van der Waals surface area contributed by atoms with Gasteiger partial charge in [-0.1, -0.05) is 12.1 Å². The third-order valence-electron chi connectivity index (χ3n) is 3.66. The Morgan fingerprint density at radius 2 is 2.37 bits per heavy atom. The van der Waals surface area contributed by atoms with E-state index in [1.54, 1.807) is 0 Å². The Bertz CT molecular complexity index is 446. The van der Waals surface area contributed by atoms with Crippen LogP contribution in [0.2, 0.25) is 0 Å². The number of carbonyl (C=O) groups excluding carboxylic acids is 1. The molecule has 1 saturated heterocycles. The molecule has 0 saturated carbocycles. The summed E-state index contributed by atoms with van der Waals surface area (Å²) in [5, 5.41) is 12.5. The third kappa shape index (κ3) is 4.04. The van der Waals surface area contributed by atoms with Crippen LogP contribution in [-0.4, -0.2) is 41.7 Å². The Kier molecular flexibility index (Phi) is 4.56. The van der Waals surface area contributed by atoms with E-state index in [4.69, 9.17) is 0 Å². The van der Waals surface area contributed by atoms with Crippen LogP contribution in [0.1, 0.15) is 18.9 Å². The molecule has 2 unspecified atom stereocenters. The summed E-state index contributed by atoms with van der Waals surface area (Å²) in [6, 6.07) is 7.79. The lowest BCUT2D eigenvalue weighted by atomic mass is 10.0. The predicted molar refractivity (Wildman–Crippen MR) is 76.0 cm³/mol. The fourth-order valence-electron chi connectivity index (χ4n) is 2.53. The van der Waals surface area contributed by atoms with Gasteiger partial charge >= 0.3 is 0 Å². The van der Waals surface area contributed by atoms with E-state index in [2.05, 4.69) is 10.2 Å². The zero-order chi connectivity index (χ0) is 13.8. The molecule has 1 aliphatic rings. The van der Waals surface area contributed by atoms with Gasteiger partial charge in [-0.15, -0.1) is 0 Å². The smallest absolute Gasteiger partial charge is 0.238 e. The first-order valence-corrected chi connectivity index (χ1v) is 6.81. The lowest BCUT2D eigenvalue weighted by Gasteiger charge is -2.17. The molecule has 4 heteroatoms. The van der Waals surface area contributed by atoms with Crippen molar-refractivity contribution in [3.8, 4) is 0 Å². The van der Waals surface area contributed by atoms with Gasteiger partial charge in [0.15, 0.2) is 0 Å². The molecule has 4 nitrogen and oxygen atoms in total. The third-order valence-corrected chi connectivity index (χ3v) is 3.66. The molecule has 1 heterocycles. The van der Waals surface area contributed by atoms with E-state index in [1.807, 2.05) is 38.1 Å². The van der Waals surface area contributed by atoms with Crippen molar-refractivity contribution in [1.29, 1.82) is 0 Å². The summed E-state index contributed by atoms with van der Waals surface area (Å²) >= 11 is 0. The summed E-state index contributed by atoms with van der Waals surface area (Å²) in [7, 11) is 0. The molecule has 104 valence electrons. The standard InChI is InChI=1S/C15H22N2O2/c1-11-4-3-5-14(8-11)16-15(19)10-17-7-6-13(9-17)12(2)18/h3-5,8,12-13,18H,6-7,9-10H2,1-2H3,(H,16,19). The normalized spacial score (nSPS) is 21.3. The second-order valence-corrected chi connectivity index (χ2v) is 5.44. The summed E-state index contributed by atoms with van der Waals surface area (Å²) in [5.41, 5.74) is 1.98. The van der Waals surface area contributed by atoms with Crippen LogP contribution in [0.5, 0.6) is 0 Å². The molecule has 0 aliphatic carbocycles. The van der Waals surface area contributed by atoms with Crippen molar-refractivity contribution in [3.05, 3.63) is 29.8 Å². The first-order valence-electron chi connectivity index (χ1n) is 6.81. The molecular weight excluding hydrogens is 240 g/mol. The number of carbonyl (C=O) groups is 1. The lowest BCUT2D eigenvalue weighted by molar-refractivity contribution is -0.117. The number of aliphatic hydroxyl groups is 1. The van der Waals surface area contributed by atoms with Crippen molar-refractivity contribution in [2.24, 2.45) is 5.92 Å². The number of hydrogen-bond acceptors (Lipinski definition) is 3. The van der Waals surface area contributed by atoms with Crippen molar-refractivity contribution in [3.63, 3.8) is 0 Å². The van der Waals surface area contributed by atoms with Crippen molar-refractivity contribution in [1.82, 2.24) is 4.90 Å². The number of aryl methyl sites for hydroxylation is 1. The molecule has 1 aromatic carbocycles. The van der Waals surface area contributed by atoms with Gasteiger partial charge < -0.3 is 10.4 Å². The zero-order valence-corrected chi connectivity index (χ0v) is 11.6. The molecule has 2 rings (SSSR count). The molecule has 19 heavy (non-hydrogen) atoms. The highest BCUT2D eigenvalue weighted by molar-refractivity contribution is 5.92. The number of nitrogens with zero attached hydrogens (tertiary/aromatic N) is 1. The highest BCUT2D eigenvalue weighted by Gasteiger charge is 2.26. The van der Waals surface area contributed by atoms with Gasteiger partial charge in [0.1, 0.15) is 0 Å². The maximum absolute atomic E-state index is 11.9. The van der Waals surface area contributed by atoms with Gasteiger partial charge in [0.2, 0.25) is 5.91 Å². The zero-order valence-electron chi connectivity index (χ0n) is 11.6. The summed E-state index contributed by atoms with van der Waals surface area (Å²) in [6.45, 7) is 5.91. The van der Waals surface area contributed by atoms with Crippen LogP contribution in [0.25, 0.3) is 0 Å². The minimum absolute atomic E-state index is 0.0110. The number of hydrogen-bond donors (Lipinski definition) is 2. The van der Waals surface area contributed by atoms with Crippen molar-refractivity contribution < 1.29 is 9.90 Å². The summed E-state index contributed by atoms with van der Waals surface area (Å²) in [6.07, 6.45) is 0.680. The van der Waals surface area contributed by atoms with Crippen LogP contribution >= 0.6 is 0 Å². The number of aliphatic hydroxyl groups excluding tert-OH is 1. The van der Waals surface area contributed by atoms with Crippen LogP contribution in [0, 0.1) is 12.8 Å². The Hall–Kier alpha value is -1.39. The molecule has 1 fully saturated rings. The minimum atomic E-state index is -0.287. The number of amides is 1. The topological polar surface area (TPSA) is 52.6 Å². The molecule has 1 aromatic rings. The van der Waals surface area contributed by atoms with Crippen LogP contribution in [0.3, 0.4) is 0 Å². The van der Waals surface area contributed by atoms with E-state index in [9.17, 15) is 9.90 Å². The maximum atomic E-state index is 11.9. The van der Waals surface area contributed by atoms with Gasteiger partial charge in [0, 0.05) is 12.2 Å². The number of likely N-dealkylation sites (tertiary alicyclic amines) is 1. The van der Waals surface area contributed by atoms with Gasteiger partial charge in [-0.05, 0) is 50.4 Å². The lowest BCUT2D eigenvalue weighted by Crippen LogP contribution is -2.32. The fraction of sp³-hybridized carbons (Fsp3) is 0.533. The first kappa shape index (κ1) is 14.0. The van der Waals surface area contributed by atoms with Gasteiger partial charge in [-0.2, -0.15) is 0 Å². The van der Waals surface area contributed by atoms with Gasteiger partial charge in [-0.25, -0.2) is 0 Å². The average molecular weight is 262 g/mol. The van der Waals surface area contributed by atoms with Gasteiger partial charge in [0.25, 0.3) is 0 Å². The number of nitrogens with one attached hydrogen (secondary N) is 1. The van der Waals surface area contributed by atoms with E-state index < -0.39 is 0 Å². The van der Waals surface area contributed by atoms with E-state index in [-0.39, 0.29) is 12.0 Å². The molecule has 0 spiro atoms. The van der Waals surface area contributed by atoms with E-state index in [1.165, 1.54) is 0 Å². The Labute approximate surface area is 114 Å². The second kappa shape index (κ2) is 6.17. The maximum Gasteiger partial charge on any atom is 0.238 e. The second-order valence-electron chi connectivity index (χ2n) is 5.44. The molecule has 1 amide bonds. The van der Waals surface area contributed by atoms with Crippen LogP contribution in [0.4, 0.5) is 5.69 Å². The molecule has 0 radical (unpaired) electrons. The minimum Gasteiger partial charge on any atom is -0.393 e. The monoisotopic (exact) mass is 262 g/mol. The number of anilines is 1. The summed E-state index contributed by atoms with van der Waals surface area (Å²) < 4.78 is 0. The van der Waals surface area contributed by atoms with E-state index in [0.717, 1.165) is 30.8 Å². The summed E-state index contributed by atoms with van der Waals surface area (Å²) in [5.74, 6) is 0.309. The quantitative estimate of drug-likeness (QED) is 0.867. The predicted octanol–water partition coefficient (Wildman–Crippen LogP) is 1.64. The Morgan fingerprint density at radius 3 is 3.00 bits per heavy atom. The van der Waals surface area contributed by atoms with Crippen molar-refractivity contribution in [2.75, 3.05) is 25.0 Å². The number of rotatable bonds is 4. The SMILES string of the molecule is Cc1cccc(NC(=O)CN2CCC(C(C)O)C2)c1. The van der Waals surface area contributed by atoms with E-state index >= 15 is 0 Å².